The average molecular weight is 273 g/mol. The van der Waals surface area contributed by atoms with Crippen LogP contribution in [0.1, 0.15) is 5.56 Å². The number of anilines is 1. The van der Waals surface area contributed by atoms with Crippen LogP contribution >= 0.6 is 23.2 Å². The van der Waals surface area contributed by atoms with Crippen molar-refractivity contribution < 1.29 is 0 Å². The number of aromatic nitrogens is 5. The van der Waals surface area contributed by atoms with Crippen LogP contribution in [0.25, 0.3) is 0 Å². The van der Waals surface area contributed by atoms with E-state index < -0.39 is 0 Å². The van der Waals surface area contributed by atoms with Crippen molar-refractivity contribution in [1.82, 2.24) is 24.7 Å². The highest BCUT2D eigenvalue weighted by Crippen LogP contribution is 2.09. The third-order valence-electron chi connectivity index (χ3n) is 1.97. The van der Waals surface area contributed by atoms with Crippen LogP contribution in [0, 0.1) is 6.92 Å². The monoisotopic (exact) mass is 272 g/mol. The summed E-state index contributed by atoms with van der Waals surface area (Å²) >= 11 is 11.3. The number of hydrogen-bond acceptors (Lipinski definition) is 5. The van der Waals surface area contributed by atoms with Crippen LogP contribution in [0.5, 0.6) is 0 Å². The molecule has 0 aliphatic rings. The van der Waals surface area contributed by atoms with Crippen molar-refractivity contribution in [2.45, 2.75) is 13.5 Å². The molecule has 0 radical (unpaired) electrons. The SMILES string of the molecule is Cc1cnn(CCNc2nc(Cl)nc(Cl)n2)c1. The summed E-state index contributed by atoms with van der Waals surface area (Å²) in [5.74, 6) is 0.360. The van der Waals surface area contributed by atoms with Gasteiger partial charge in [0.2, 0.25) is 16.5 Å². The Balaban J connectivity index is 1.89. The van der Waals surface area contributed by atoms with Gasteiger partial charge in [0.15, 0.2) is 0 Å². The highest BCUT2D eigenvalue weighted by molar-refractivity contribution is 6.31. The maximum Gasteiger partial charge on any atom is 0.228 e. The number of nitrogens with one attached hydrogen (secondary N) is 1. The molecule has 8 heteroatoms. The van der Waals surface area contributed by atoms with Gasteiger partial charge in [-0.05, 0) is 35.7 Å². The third-order valence-corrected chi connectivity index (χ3v) is 2.31. The average Bonchev–Trinajstić information content (AvgIpc) is 2.63. The molecule has 0 unspecified atom stereocenters. The summed E-state index contributed by atoms with van der Waals surface area (Å²) in [7, 11) is 0. The molecular formula is C9H10Cl2N6. The molecule has 0 saturated carbocycles. The maximum atomic E-state index is 5.65. The van der Waals surface area contributed by atoms with Crippen molar-refractivity contribution >= 4 is 29.2 Å². The first-order chi connectivity index (χ1) is 8.13. The molecule has 0 amide bonds. The number of aryl methyl sites for hydroxylation is 1. The van der Waals surface area contributed by atoms with Crippen LogP contribution in [0.15, 0.2) is 12.4 Å². The second kappa shape index (κ2) is 5.29. The molecule has 2 aromatic rings. The Hall–Kier alpha value is -1.40. The number of rotatable bonds is 4. The quantitative estimate of drug-likeness (QED) is 0.919. The van der Waals surface area contributed by atoms with E-state index in [1.54, 1.807) is 6.20 Å². The van der Waals surface area contributed by atoms with Crippen molar-refractivity contribution in [2.24, 2.45) is 0 Å². The van der Waals surface area contributed by atoms with Crippen LogP contribution in [-0.2, 0) is 6.54 Å². The number of halogens is 2. The molecule has 0 aliphatic heterocycles. The molecule has 6 nitrogen and oxygen atoms in total. The lowest BCUT2D eigenvalue weighted by molar-refractivity contribution is 0.635. The second-order valence-corrected chi connectivity index (χ2v) is 4.08. The van der Waals surface area contributed by atoms with Crippen molar-refractivity contribution in [3.63, 3.8) is 0 Å². The summed E-state index contributed by atoms with van der Waals surface area (Å²) in [6, 6.07) is 0. The molecule has 2 rings (SSSR count). The van der Waals surface area contributed by atoms with E-state index in [4.69, 9.17) is 23.2 Å². The smallest absolute Gasteiger partial charge is 0.228 e. The normalized spacial score (nSPS) is 10.5. The lowest BCUT2D eigenvalue weighted by atomic mass is 10.4. The van der Waals surface area contributed by atoms with E-state index >= 15 is 0 Å². The second-order valence-electron chi connectivity index (χ2n) is 3.40. The zero-order chi connectivity index (χ0) is 12.3. The summed E-state index contributed by atoms with van der Waals surface area (Å²) in [6.45, 7) is 3.31. The first-order valence-corrected chi connectivity index (χ1v) is 5.69. The molecule has 0 spiro atoms. The molecular weight excluding hydrogens is 263 g/mol. The lowest BCUT2D eigenvalue weighted by Crippen LogP contribution is -2.13. The van der Waals surface area contributed by atoms with Gasteiger partial charge in [0.25, 0.3) is 0 Å². The summed E-state index contributed by atoms with van der Waals surface area (Å²) in [4.78, 5) is 11.4. The van der Waals surface area contributed by atoms with Gasteiger partial charge in [-0.25, -0.2) is 0 Å². The van der Waals surface area contributed by atoms with Gasteiger partial charge < -0.3 is 5.32 Å². The molecule has 0 bridgehead atoms. The Labute approximate surface area is 108 Å². The van der Waals surface area contributed by atoms with Gasteiger partial charge in [-0.2, -0.15) is 20.1 Å². The fraction of sp³-hybridized carbons (Fsp3) is 0.333. The Morgan fingerprint density at radius 1 is 1.24 bits per heavy atom. The van der Waals surface area contributed by atoms with Gasteiger partial charge in [0.1, 0.15) is 0 Å². The van der Waals surface area contributed by atoms with Gasteiger partial charge in [0.05, 0.1) is 12.7 Å². The Morgan fingerprint density at radius 3 is 2.53 bits per heavy atom. The van der Waals surface area contributed by atoms with Gasteiger partial charge in [-0.1, -0.05) is 0 Å². The van der Waals surface area contributed by atoms with Crippen LogP contribution in [-0.4, -0.2) is 31.3 Å². The predicted molar refractivity (Wildman–Crippen MR) is 65.3 cm³/mol. The number of nitrogens with zero attached hydrogens (tertiary/aromatic N) is 5. The van der Waals surface area contributed by atoms with E-state index in [1.165, 1.54) is 0 Å². The summed E-state index contributed by atoms with van der Waals surface area (Å²) in [5.41, 5.74) is 1.12. The van der Waals surface area contributed by atoms with Crippen LogP contribution in [0.2, 0.25) is 10.6 Å². The van der Waals surface area contributed by atoms with Crippen molar-refractivity contribution in [2.75, 3.05) is 11.9 Å². The molecule has 0 aromatic carbocycles. The fourth-order valence-corrected chi connectivity index (χ4v) is 1.64. The molecule has 17 heavy (non-hydrogen) atoms. The lowest BCUT2D eigenvalue weighted by Gasteiger charge is -2.04. The van der Waals surface area contributed by atoms with Gasteiger partial charge in [-0.15, -0.1) is 0 Å². The number of hydrogen-bond donors (Lipinski definition) is 1. The molecule has 0 aliphatic carbocycles. The third kappa shape index (κ3) is 3.54. The zero-order valence-electron chi connectivity index (χ0n) is 9.06. The van der Waals surface area contributed by atoms with E-state index in [1.807, 2.05) is 17.8 Å². The standard InChI is InChI=1S/C9H10Cl2N6/c1-6-4-13-17(5-6)3-2-12-9-15-7(10)14-8(11)16-9/h4-5H,2-3H2,1H3,(H,12,14,15,16). The first-order valence-electron chi connectivity index (χ1n) is 4.93. The molecule has 0 fully saturated rings. The van der Waals surface area contributed by atoms with Crippen LogP contribution in [0.4, 0.5) is 5.95 Å². The molecule has 90 valence electrons. The van der Waals surface area contributed by atoms with Gasteiger partial charge >= 0.3 is 0 Å². The van der Waals surface area contributed by atoms with Crippen molar-refractivity contribution in [3.8, 4) is 0 Å². The predicted octanol–water partition coefficient (Wildman–Crippen LogP) is 1.80. The molecule has 2 aromatic heterocycles. The minimum Gasteiger partial charge on any atom is -0.352 e. The van der Waals surface area contributed by atoms with Crippen molar-refractivity contribution in [1.29, 1.82) is 0 Å². The van der Waals surface area contributed by atoms with E-state index in [0.29, 0.717) is 19.0 Å². The minimum absolute atomic E-state index is 0.0717. The Morgan fingerprint density at radius 2 is 1.94 bits per heavy atom. The minimum atomic E-state index is 0.0717. The van der Waals surface area contributed by atoms with E-state index in [-0.39, 0.29) is 10.6 Å². The van der Waals surface area contributed by atoms with Gasteiger partial charge in [0, 0.05) is 12.7 Å². The Bertz CT molecular complexity index is 492. The summed E-state index contributed by atoms with van der Waals surface area (Å²) < 4.78 is 1.83. The first kappa shape index (κ1) is 12.1. The van der Waals surface area contributed by atoms with Gasteiger partial charge in [-0.3, -0.25) is 4.68 Å². The highest BCUT2D eigenvalue weighted by Gasteiger charge is 2.02. The summed E-state index contributed by atoms with van der Waals surface area (Å²) in [5, 5.41) is 7.29. The molecule has 1 N–H and O–H groups in total. The maximum absolute atomic E-state index is 5.65. The van der Waals surface area contributed by atoms with E-state index in [9.17, 15) is 0 Å². The molecule has 2 heterocycles. The highest BCUT2D eigenvalue weighted by atomic mass is 35.5. The topological polar surface area (TPSA) is 68.5 Å². The van der Waals surface area contributed by atoms with Crippen LogP contribution in [0.3, 0.4) is 0 Å². The molecule has 0 atom stereocenters. The molecule has 0 saturated heterocycles. The fourth-order valence-electron chi connectivity index (χ4n) is 1.28. The van der Waals surface area contributed by atoms with Crippen LogP contribution < -0.4 is 5.32 Å². The zero-order valence-corrected chi connectivity index (χ0v) is 10.6. The largest absolute Gasteiger partial charge is 0.352 e. The Kier molecular flexibility index (Phi) is 3.75. The summed E-state index contributed by atoms with van der Waals surface area (Å²) in [6.07, 6.45) is 3.76. The van der Waals surface area contributed by atoms with E-state index in [2.05, 4.69) is 25.4 Å². The van der Waals surface area contributed by atoms with Crippen molar-refractivity contribution in [3.05, 3.63) is 28.5 Å². The van der Waals surface area contributed by atoms with E-state index in [0.717, 1.165) is 5.56 Å².